The van der Waals surface area contributed by atoms with Gasteiger partial charge in [-0.1, -0.05) is 76.6 Å². The minimum Gasteiger partial charge on any atom is -0.457 e. The lowest BCUT2D eigenvalue weighted by atomic mass is 10.1. The van der Waals surface area contributed by atoms with Gasteiger partial charge in [-0.25, -0.2) is 4.99 Å². The molecule has 0 saturated carbocycles. The van der Waals surface area contributed by atoms with Crippen molar-refractivity contribution in [2.75, 3.05) is 4.90 Å². The summed E-state index contributed by atoms with van der Waals surface area (Å²) in [5, 5.41) is 0. The van der Waals surface area contributed by atoms with Crippen molar-refractivity contribution in [1.82, 2.24) is 0 Å². The first kappa shape index (κ1) is 20.9. The van der Waals surface area contributed by atoms with E-state index in [4.69, 9.17) is 9.73 Å². The van der Waals surface area contributed by atoms with Gasteiger partial charge in [0.25, 0.3) is 5.91 Å². The fraction of sp³-hybridized carbons (Fsp3) is 0. The highest BCUT2D eigenvalue weighted by Gasteiger charge is 2.32. The summed E-state index contributed by atoms with van der Waals surface area (Å²) in [7, 11) is 0. The molecule has 5 heteroatoms. The van der Waals surface area contributed by atoms with Crippen LogP contribution in [0.3, 0.4) is 0 Å². The van der Waals surface area contributed by atoms with Crippen LogP contribution in [0.5, 0.6) is 11.5 Å². The summed E-state index contributed by atoms with van der Waals surface area (Å²) in [5.74, 6) is 1.87. The number of ether oxygens (including phenoxy) is 1. The van der Waals surface area contributed by atoms with E-state index in [0.29, 0.717) is 17.3 Å². The molecule has 4 aromatic rings. The number of rotatable bonds is 5. The molecule has 0 saturated heterocycles. The molecule has 1 heterocycles. The highest BCUT2D eigenvalue weighted by atomic mass is 79.9. The second kappa shape index (κ2) is 9.27. The Hall–Kier alpha value is -3.96. The summed E-state index contributed by atoms with van der Waals surface area (Å²) in [6.07, 6.45) is 1.79. The number of benzene rings is 4. The predicted molar refractivity (Wildman–Crippen MR) is 136 cm³/mol. The summed E-state index contributed by atoms with van der Waals surface area (Å²) in [5.41, 5.74) is 2.84. The first-order valence-electron chi connectivity index (χ1n) is 10.5. The molecule has 4 aromatic carbocycles. The summed E-state index contributed by atoms with van der Waals surface area (Å²) in [6, 6.07) is 34.6. The average molecular weight is 495 g/mol. The first-order chi connectivity index (χ1) is 16.2. The van der Waals surface area contributed by atoms with E-state index in [1.807, 2.05) is 109 Å². The lowest BCUT2D eigenvalue weighted by Gasteiger charge is -2.18. The summed E-state index contributed by atoms with van der Waals surface area (Å²) < 4.78 is 6.88. The molecule has 1 aliphatic rings. The molecule has 0 radical (unpaired) electrons. The van der Waals surface area contributed by atoms with Crippen molar-refractivity contribution < 1.29 is 9.53 Å². The van der Waals surface area contributed by atoms with E-state index < -0.39 is 0 Å². The number of para-hydroxylation sites is 1. The molecule has 0 aliphatic carbocycles. The zero-order valence-electron chi connectivity index (χ0n) is 17.6. The summed E-state index contributed by atoms with van der Waals surface area (Å²) in [6.45, 7) is 0. The Morgan fingerprint density at radius 2 is 1.42 bits per heavy atom. The van der Waals surface area contributed by atoms with Gasteiger partial charge in [0.15, 0.2) is 0 Å². The van der Waals surface area contributed by atoms with Gasteiger partial charge in [-0.2, -0.15) is 0 Å². The molecular weight excluding hydrogens is 476 g/mol. The van der Waals surface area contributed by atoms with Gasteiger partial charge in [0.1, 0.15) is 23.0 Å². The van der Waals surface area contributed by atoms with Crippen LogP contribution >= 0.6 is 15.9 Å². The topological polar surface area (TPSA) is 41.9 Å². The van der Waals surface area contributed by atoms with Crippen molar-refractivity contribution in [3.05, 3.63) is 130 Å². The molecule has 4 nitrogen and oxygen atoms in total. The Labute approximate surface area is 200 Å². The van der Waals surface area contributed by atoms with Crippen LogP contribution in [0.2, 0.25) is 0 Å². The van der Waals surface area contributed by atoms with E-state index in [9.17, 15) is 4.79 Å². The van der Waals surface area contributed by atoms with Crippen LogP contribution < -0.4 is 9.64 Å². The third-order valence-corrected chi connectivity index (χ3v) is 5.65. The smallest absolute Gasteiger partial charge is 0.282 e. The molecule has 33 heavy (non-hydrogen) atoms. The van der Waals surface area contributed by atoms with Crippen molar-refractivity contribution in [2.45, 2.75) is 0 Å². The van der Waals surface area contributed by atoms with Gasteiger partial charge in [0, 0.05) is 10.0 Å². The van der Waals surface area contributed by atoms with Gasteiger partial charge in [-0.05, 0) is 60.2 Å². The molecule has 0 unspecified atom stereocenters. The minimum absolute atomic E-state index is 0.175. The maximum absolute atomic E-state index is 13.5. The number of hydrogen-bond donors (Lipinski definition) is 0. The number of carbonyl (C=O) groups excluding carboxylic acids is 1. The molecule has 1 amide bonds. The molecule has 5 rings (SSSR count). The fourth-order valence-electron chi connectivity index (χ4n) is 3.58. The molecule has 1 aliphatic heterocycles. The van der Waals surface area contributed by atoms with Gasteiger partial charge >= 0.3 is 0 Å². The molecule has 0 fully saturated rings. The molecule has 0 spiro atoms. The molecule has 0 bridgehead atoms. The fourth-order valence-corrected chi connectivity index (χ4v) is 3.84. The SMILES string of the molecule is O=C1C(=Cc2cccc(Oc3ccccc3)c2)N=C(c2ccccc2)N1c1ccc(Br)cc1. The van der Waals surface area contributed by atoms with E-state index in [-0.39, 0.29) is 5.91 Å². The van der Waals surface area contributed by atoms with Crippen LogP contribution in [0.4, 0.5) is 5.69 Å². The standard InChI is InChI=1S/C28H19BrN2O2/c29-22-14-16-23(17-15-22)31-27(21-9-3-1-4-10-21)30-26(28(31)32)19-20-8-7-13-25(18-20)33-24-11-5-2-6-12-24/h1-19H. The Morgan fingerprint density at radius 3 is 2.15 bits per heavy atom. The molecule has 0 atom stereocenters. The van der Waals surface area contributed by atoms with E-state index in [1.165, 1.54) is 0 Å². The summed E-state index contributed by atoms with van der Waals surface area (Å²) in [4.78, 5) is 19.8. The van der Waals surface area contributed by atoms with Crippen LogP contribution in [0, 0.1) is 0 Å². The third kappa shape index (κ3) is 4.64. The number of anilines is 1. The lowest BCUT2D eigenvalue weighted by molar-refractivity contribution is -0.113. The van der Waals surface area contributed by atoms with Crippen molar-refractivity contribution in [1.29, 1.82) is 0 Å². The highest BCUT2D eigenvalue weighted by molar-refractivity contribution is 9.10. The number of amides is 1. The Balaban J connectivity index is 1.51. The second-order valence-electron chi connectivity index (χ2n) is 7.44. The number of carbonyl (C=O) groups is 1. The number of hydrogen-bond acceptors (Lipinski definition) is 3. The minimum atomic E-state index is -0.175. The number of nitrogens with zero attached hydrogens (tertiary/aromatic N) is 2. The van der Waals surface area contributed by atoms with E-state index >= 15 is 0 Å². The largest absolute Gasteiger partial charge is 0.457 e. The first-order valence-corrected chi connectivity index (χ1v) is 11.3. The Bertz CT molecular complexity index is 1350. The average Bonchev–Trinajstić information content (AvgIpc) is 3.17. The molecule has 0 N–H and O–H groups in total. The van der Waals surface area contributed by atoms with E-state index in [0.717, 1.165) is 27.0 Å². The maximum atomic E-state index is 13.5. The van der Waals surface area contributed by atoms with Gasteiger partial charge < -0.3 is 4.74 Å². The zero-order chi connectivity index (χ0) is 22.6. The normalized spacial score (nSPS) is 14.5. The number of aliphatic imine (C=N–C) groups is 1. The van der Waals surface area contributed by atoms with Crippen LogP contribution in [0.25, 0.3) is 6.08 Å². The van der Waals surface area contributed by atoms with Crippen molar-refractivity contribution >= 4 is 39.4 Å². The van der Waals surface area contributed by atoms with Gasteiger partial charge in [-0.15, -0.1) is 0 Å². The maximum Gasteiger partial charge on any atom is 0.282 e. The van der Waals surface area contributed by atoms with Crippen molar-refractivity contribution in [2.24, 2.45) is 4.99 Å². The third-order valence-electron chi connectivity index (χ3n) is 5.12. The Kier molecular flexibility index (Phi) is 5.87. The Morgan fingerprint density at radius 1 is 0.758 bits per heavy atom. The van der Waals surface area contributed by atoms with Gasteiger partial charge in [-0.3, -0.25) is 9.69 Å². The monoisotopic (exact) mass is 494 g/mol. The van der Waals surface area contributed by atoms with Crippen LogP contribution in [-0.2, 0) is 4.79 Å². The highest BCUT2D eigenvalue weighted by Crippen LogP contribution is 2.30. The number of halogens is 1. The van der Waals surface area contributed by atoms with Gasteiger partial charge in [0.05, 0.1) is 5.69 Å². The van der Waals surface area contributed by atoms with Crippen LogP contribution in [0.1, 0.15) is 11.1 Å². The molecule has 160 valence electrons. The van der Waals surface area contributed by atoms with E-state index in [2.05, 4.69) is 15.9 Å². The van der Waals surface area contributed by atoms with Crippen LogP contribution in [0.15, 0.2) is 124 Å². The van der Waals surface area contributed by atoms with Gasteiger partial charge in [0.2, 0.25) is 0 Å². The zero-order valence-corrected chi connectivity index (χ0v) is 19.1. The second-order valence-corrected chi connectivity index (χ2v) is 8.35. The summed E-state index contributed by atoms with van der Waals surface area (Å²) >= 11 is 3.46. The molecular formula is C28H19BrN2O2. The lowest BCUT2D eigenvalue weighted by Crippen LogP contribution is -2.32. The van der Waals surface area contributed by atoms with Crippen molar-refractivity contribution in [3.63, 3.8) is 0 Å². The van der Waals surface area contributed by atoms with Crippen LogP contribution in [-0.4, -0.2) is 11.7 Å². The quantitative estimate of drug-likeness (QED) is 0.278. The van der Waals surface area contributed by atoms with Crippen molar-refractivity contribution in [3.8, 4) is 11.5 Å². The number of amidine groups is 1. The predicted octanol–water partition coefficient (Wildman–Crippen LogP) is 7.08. The molecule has 0 aromatic heterocycles. The van der Waals surface area contributed by atoms with E-state index in [1.54, 1.807) is 11.0 Å².